The van der Waals surface area contributed by atoms with Crippen LogP contribution in [-0.4, -0.2) is 9.97 Å². The fourth-order valence-electron chi connectivity index (χ4n) is 11.8. The Labute approximate surface area is 414 Å². The molecule has 2 atom stereocenters. The zero-order valence-corrected chi connectivity index (χ0v) is 39.0. The SMILES string of the molecule is c1ccc(-c2cc(-c3ccccc3)cc(-c3nc4cc(-c5ccccc5)ccc4c4c3C3CC4c4c(-c5cc(-c6ccccc6)cc(-c6ccccc6)c5)nc5cc(-c6ccccc6)ccc5c43)c2)cc1. The fourth-order valence-corrected chi connectivity index (χ4v) is 11.8. The molecule has 0 aliphatic heterocycles. The van der Waals surface area contributed by atoms with Crippen LogP contribution in [0.15, 0.2) is 255 Å². The van der Waals surface area contributed by atoms with E-state index in [0.717, 1.165) is 51.1 Å². The van der Waals surface area contributed by atoms with E-state index in [-0.39, 0.29) is 11.8 Å². The molecule has 2 heteroatoms. The largest absolute Gasteiger partial charge is 0.247 e. The van der Waals surface area contributed by atoms with Gasteiger partial charge in [0.1, 0.15) is 0 Å². The summed E-state index contributed by atoms with van der Waals surface area (Å²) in [6.45, 7) is 0. The van der Waals surface area contributed by atoms with E-state index in [2.05, 4.69) is 255 Å². The highest BCUT2D eigenvalue weighted by molar-refractivity contribution is 6.00. The lowest BCUT2D eigenvalue weighted by Crippen LogP contribution is -2.11. The lowest BCUT2D eigenvalue weighted by molar-refractivity contribution is 0.799. The average Bonchev–Trinajstić information content (AvgIpc) is 4.05. The number of benzene rings is 10. The number of hydrogen-bond acceptors (Lipinski definition) is 2. The van der Waals surface area contributed by atoms with Crippen molar-refractivity contribution in [1.29, 1.82) is 0 Å². The van der Waals surface area contributed by atoms with Gasteiger partial charge in [-0.2, -0.15) is 0 Å². The molecule has 2 unspecified atom stereocenters. The number of rotatable bonds is 8. The van der Waals surface area contributed by atoms with Gasteiger partial charge in [0.05, 0.1) is 22.4 Å². The van der Waals surface area contributed by atoms with Gasteiger partial charge in [-0.25, -0.2) is 9.97 Å². The maximum absolute atomic E-state index is 5.85. The summed E-state index contributed by atoms with van der Waals surface area (Å²) >= 11 is 0. The second-order valence-electron chi connectivity index (χ2n) is 19.2. The minimum Gasteiger partial charge on any atom is -0.247 e. The lowest BCUT2D eigenvalue weighted by atomic mass is 9.78. The Kier molecular flexibility index (Phi) is 9.77. The maximum Gasteiger partial charge on any atom is 0.0751 e. The van der Waals surface area contributed by atoms with Crippen molar-refractivity contribution < 1.29 is 0 Å². The first-order valence-electron chi connectivity index (χ1n) is 24.8. The Balaban J connectivity index is 1.06. The highest BCUT2D eigenvalue weighted by Crippen LogP contribution is 2.63. The molecule has 12 aromatic rings. The number of nitrogens with zero attached hydrogens (tertiary/aromatic N) is 2. The molecule has 0 spiro atoms. The smallest absolute Gasteiger partial charge is 0.0751 e. The second kappa shape index (κ2) is 16.9. The Bertz CT molecular complexity index is 3600. The van der Waals surface area contributed by atoms with E-state index >= 15 is 0 Å². The molecule has 0 saturated heterocycles. The van der Waals surface area contributed by atoms with Crippen molar-refractivity contribution in [3.63, 3.8) is 0 Å². The van der Waals surface area contributed by atoms with Crippen LogP contribution in [0.25, 0.3) is 111 Å². The van der Waals surface area contributed by atoms with Crippen LogP contribution >= 0.6 is 0 Å². The van der Waals surface area contributed by atoms with Crippen LogP contribution < -0.4 is 0 Å². The van der Waals surface area contributed by atoms with E-state index in [1.54, 1.807) is 0 Å². The van der Waals surface area contributed by atoms with Crippen molar-refractivity contribution in [2.75, 3.05) is 0 Å². The quantitative estimate of drug-likeness (QED) is 0.152. The highest BCUT2D eigenvalue weighted by atomic mass is 14.8. The number of hydrogen-bond donors (Lipinski definition) is 0. The summed E-state index contributed by atoms with van der Waals surface area (Å²) in [5, 5.41) is 2.44. The normalized spacial score (nSPS) is 14.4. The summed E-state index contributed by atoms with van der Waals surface area (Å²) in [5.74, 6) is 0.202. The molecule has 2 heterocycles. The first-order valence-corrected chi connectivity index (χ1v) is 24.8. The van der Waals surface area contributed by atoms with Crippen molar-refractivity contribution in [2.45, 2.75) is 18.3 Å². The summed E-state index contributed by atoms with van der Waals surface area (Å²) in [5.41, 5.74) is 26.0. The maximum atomic E-state index is 5.85. The molecule has 2 aliphatic carbocycles. The molecule has 0 fully saturated rings. The van der Waals surface area contributed by atoms with E-state index in [1.807, 2.05) is 0 Å². The highest BCUT2D eigenvalue weighted by Gasteiger charge is 2.47. The van der Waals surface area contributed by atoms with E-state index in [4.69, 9.17) is 9.97 Å². The third-order valence-corrected chi connectivity index (χ3v) is 15.1. The van der Waals surface area contributed by atoms with Crippen LogP contribution in [-0.2, 0) is 0 Å². The van der Waals surface area contributed by atoms with Crippen LogP contribution in [0.3, 0.4) is 0 Å². The predicted molar refractivity (Wildman–Crippen MR) is 295 cm³/mol. The van der Waals surface area contributed by atoms with Crippen molar-refractivity contribution in [3.8, 4) is 89.3 Å². The summed E-state index contributed by atoms with van der Waals surface area (Å²) < 4.78 is 0. The number of pyridine rings is 2. The van der Waals surface area contributed by atoms with Gasteiger partial charge in [0, 0.05) is 33.7 Å². The van der Waals surface area contributed by atoms with Crippen molar-refractivity contribution >= 4 is 21.8 Å². The van der Waals surface area contributed by atoms with Crippen molar-refractivity contribution in [2.24, 2.45) is 0 Å². The van der Waals surface area contributed by atoms with E-state index in [9.17, 15) is 0 Å². The van der Waals surface area contributed by atoms with Gasteiger partial charge >= 0.3 is 0 Å². The monoisotopic (exact) mass is 902 g/mol. The Morgan fingerprint density at radius 1 is 0.225 bits per heavy atom. The standard InChI is InChI=1S/C69H46N2/c1-7-19-44(20-8-1)50-31-33-58-62(41-50)70-68(56-37-52(46-23-11-3-12-24-46)35-53(38-56)47-25-13-4-14-26-47)66-61-43-60(64(58)66)67-65(61)59-34-32-51(45-21-9-2-10-22-45)42-63(59)71-69(67)57-39-54(48-27-15-5-16-28-48)36-55(40-57)49-29-17-6-18-30-49/h1-42,60-61H,43H2. The minimum atomic E-state index is 0.101. The fraction of sp³-hybridized carbons (Fsp3) is 0.0435. The third-order valence-electron chi connectivity index (χ3n) is 15.1. The third kappa shape index (κ3) is 7.10. The molecule has 0 radical (unpaired) electrons. The first kappa shape index (κ1) is 41.0. The minimum absolute atomic E-state index is 0.101. The van der Waals surface area contributed by atoms with Crippen molar-refractivity contribution in [1.82, 2.24) is 9.97 Å². The molecule has 332 valence electrons. The molecule has 2 bridgehead atoms. The van der Waals surface area contributed by atoms with Crippen LogP contribution in [0.5, 0.6) is 0 Å². The zero-order chi connectivity index (χ0) is 46.8. The van der Waals surface area contributed by atoms with Gasteiger partial charge in [-0.3, -0.25) is 0 Å². The molecule has 2 aliphatic rings. The van der Waals surface area contributed by atoms with Crippen LogP contribution in [0.1, 0.15) is 40.5 Å². The summed E-state index contributed by atoms with van der Waals surface area (Å²) in [6.07, 6.45) is 0.959. The average molecular weight is 903 g/mol. The Hall–Kier alpha value is -8.98. The molecule has 14 rings (SSSR count). The zero-order valence-electron chi connectivity index (χ0n) is 39.0. The topological polar surface area (TPSA) is 25.8 Å². The van der Waals surface area contributed by atoms with E-state index in [0.29, 0.717) is 0 Å². The number of aromatic nitrogens is 2. The summed E-state index contributed by atoms with van der Waals surface area (Å²) in [6, 6.07) is 92.8. The Morgan fingerprint density at radius 3 is 0.789 bits per heavy atom. The molecule has 10 aromatic carbocycles. The van der Waals surface area contributed by atoms with E-state index < -0.39 is 0 Å². The van der Waals surface area contributed by atoms with Gasteiger partial charge in [-0.15, -0.1) is 0 Å². The molecular formula is C69H46N2. The van der Waals surface area contributed by atoms with Crippen LogP contribution in [0, 0.1) is 0 Å². The van der Waals surface area contributed by atoms with Gasteiger partial charge in [0.2, 0.25) is 0 Å². The molecule has 71 heavy (non-hydrogen) atoms. The lowest BCUT2D eigenvalue weighted by Gasteiger charge is -2.27. The molecule has 2 nitrogen and oxygen atoms in total. The summed E-state index contributed by atoms with van der Waals surface area (Å²) in [4.78, 5) is 11.7. The molecule has 0 N–H and O–H groups in total. The molecule has 0 saturated carbocycles. The van der Waals surface area contributed by atoms with Crippen LogP contribution in [0.4, 0.5) is 0 Å². The van der Waals surface area contributed by atoms with Crippen molar-refractivity contribution in [3.05, 3.63) is 277 Å². The number of fused-ring (bicyclic) bond motifs is 12. The van der Waals surface area contributed by atoms with Gasteiger partial charge < -0.3 is 0 Å². The summed E-state index contributed by atoms with van der Waals surface area (Å²) in [7, 11) is 0. The second-order valence-corrected chi connectivity index (χ2v) is 19.2. The Morgan fingerprint density at radius 2 is 0.493 bits per heavy atom. The van der Waals surface area contributed by atoms with Gasteiger partial charge in [-0.05, 0) is 144 Å². The van der Waals surface area contributed by atoms with E-state index in [1.165, 1.54) is 88.7 Å². The molecular weight excluding hydrogens is 857 g/mol. The predicted octanol–water partition coefficient (Wildman–Crippen LogP) is 18.1. The van der Waals surface area contributed by atoms with Gasteiger partial charge in [-0.1, -0.05) is 206 Å². The molecule has 0 amide bonds. The van der Waals surface area contributed by atoms with Gasteiger partial charge in [0.25, 0.3) is 0 Å². The molecule has 2 aromatic heterocycles. The van der Waals surface area contributed by atoms with Gasteiger partial charge in [0.15, 0.2) is 0 Å². The first-order chi connectivity index (χ1) is 35.2. The van der Waals surface area contributed by atoms with Crippen LogP contribution in [0.2, 0.25) is 0 Å².